The van der Waals surface area contributed by atoms with E-state index in [0.29, 0.717) is 6.04 Å². The lowest BCUT2D eigenvalue weighted by atomic mass is 10.2. The van der Waals surface area contributed by atoms with Crippen molar-refractivity contribution in [1.29, 1.82) is 0 Å². The van der Waals surface area contributed by atoms with E-state index in [1.54, 1.807) is 0 Å². The quantitative estimate of drug-likeness (QED) is 0.848. The van der Waals surface area contributed by atoms with Crippen molar-refractivity contribution in [3.05, 3.63) is 41.1 Å². The summed E-state index contributed by atoms with van der Waals surface area (Å²) < 4.78 is 7.68. The Morgan fingerprint density at radius 3 is 2.90 bits per heavy atom. The average molecular weight is 288 g/mol. The molecule has 1 aliphatic carbocycles. The summed E-state index contributed by atoms with van der Waals surface area (Å²) >= 11 is 0. The van der Waals surface area contributed by atoms with Crippen molar-refractivity contribution in [2.45, 2.75) is 45.4 Å². The number of nitrogens with one attached hydrogen (secondary N) is 1. The summed E-state index contributed by atoms with van der Waals surface area (Å²) in [6.45, 7) is 4.69. The van der Waals surface area contributed by atoms with Crippen LogP contribution in [0.15, 0.2) is 22.9 Å². The highest BCUT2D eigenvalue weighted by molar-refractivity contribution is 5.21. The van der Waals surface area contributed by atoms with E-state index in [2.05, 4.69) is 34.6 Å². The number of hydrogen-bond acceptors (Lipinski definition) is 4. The molecule has 5 heteroatoms. The van der Waals surface area contributed by atoms with Gasteiger partial charge in [-0.3, -0.25) is 9.58 Å². The monoisotopic (exact) mass is 288 g/mol. The molecule has 0 bridgehead atoms. The molecule has 0 aromatic carbocycles. The molecule has 2 aromatic rings. The van der Waals surface area contributed by atoms with E-state index in [9.17, 15) is 0 Å². The lowest BCUT2D eigenvalue weighted by Gasteiger charge is -2.14. The third-order valence-corrected chi connectivity index (χ3v) is 3.87. The van der Waals surface area contributed by atoms with Gasteiger partial charge in [0.25, 0.3) is 0 Å². The fourth-order valence-electron chi connectivity index (χ4n) is 2.58. The number of aryl methyl sites for hydroxylation is 2. The molecule has 0 spiro atoms. The van der Waals surface area contributed by atoms with Crippen LogP contribution in [0.25, 0.3) is 0 Å². The van der Waals surface area contributed by atoms with Crippen LogP contribution in [0, 0.1) is 6.92 Å². The maximum atomic E-state index is 5.84. The topological polar surface area (TPSA) is 46.2 Å². The SMILES string of the molecule is Cc1oc(CNC2CC2)cc1CN(C)Cc1cnn(C)c1. The molecular weight excluding hydrogens is 264 g/mol. The predicted molar refractivity (Wildman–Crippen MR) is 81.7 cm³/mol. The molecule has 2 aromatic heterocycles. The van der Waals surface area contributed by atoms with Gasteiger partial charge in [0.05, 0.1) is 12.7 Å². The Hall–Kier alpha value is -1.59. The second-order valence-electron chi connectivity index (χ2n) is 6.14. The molecular formula is C16H24N4O. The zero-order valence-electron chi connectivity index (χ0n) is 13.1. The first kappa shape index (κ1) is 14.4. The summed E-state index contributed by atoms with van der Waals surface area (Å²) in [5.74, 6) is 2.07. The van der Waals surface area contributed by atoms with Crippen LogP contribution >= 0.6 is 0 Å². The van der Waals surface area contributed by atoms with E-state index in [0.717, 1.165) is 31.2 Å². The summed E-state index contributed by atoms with van der Waals surface area (Å²) in [5, 5.41) is 7.70. The fourth-order valence-corrected chi connectivity index (χ4v) is 2.58. The van der Waals surface area contributed by atoms with Gasteiger partial charge in [0.15, 0.2) is 0 Å². The van der Waals surface area contributed by atoms with Gasteiger partial charge < -0.3 is 9.73 Å². The van der Waals surface area contributed by atoms with Gasteiger partial charge in [-0.1, -0.05) is 0 Å². The van der Waals surface area contributed by atoms with E-state index >= 15 is 0 Å². The zero-order valence-corrected chi connectivity index (χ0v) is 13.1. The lowest BCUT2D eigenvalue weighted by molar-refractivity contribution is 0.316. The van der Waals surface area contributed by atoms with Crippen molar-refractivity contribution in [1.82, 2.24) is 20.0 Å². The molecule has 1 aliphatic rings. The minimum atomic E-state index is 0.715. The van der Waals surface area contributed by atoms with Gasteiger partial charge in [-0.15, -0.1) is 0 Å². The third kappa shape index (κ3) is 3.95. The van der Waals surface area contributed by atoms with Gasteiger partial charge in [-0.2, -0.15) is 5.10 Å². The zero-order chi connectivity index (χ0) is 14.8. The first-order chi connectivity index (χ1) is 10.1. The smallest absolute Gasteiger partial charge is 0.118 e. The van der Waals surface area contributed by atoms with Gasteiger partial charge in [0.2, 0.25) is 0 Å². The molecule has 1 fully saturated rings. The normalized spacial score (nSPS) is 15.0. The van der Waals surface area contributed by atoms with Crippen molar-refractivity contribution < 1.29 is 4.42 Å². The minimum absolute atomic E-state index is 0.715. The molecule has 0 radical (unpaired) electrons. The van der Waals surface area contributed by atoms with Crippen molar-refractivity contribution in [3.63, 3.8) is 0 Å². The number of hydrogen-bond donors (Lipinski definition) is 1. The largest absolute Gasteiger partial charge is 0.465 e. The summed E-state index contributed by atoms with van der Waals surface area (Å²) in [4.78, 5) is 2.28. The van der Waals surface area contributed by atoms with Crippen molar-refractivity contribution in [3.8, 4) is 0 Å². The molecule has 0 atom stereocenters. The van der Waals surface area contributed by atoms with Crippen LogP contribution in [0.4, 0.5) is 0 Å². The lowest BCUT2D eigenvalue weighted by Crippen LogP contribution is -2.17. The Morgan fingerprint density at radius 2 is 2.24 bits per heavy atom. The van der Waals surface area contributed by atoms with Crippen LogP contribution in [-0.2, 0) is 26.7 Å². The van der Waals surface area contributed by atoms with Crippen LogP contribution < -0.4 is 5.32 Å². The Kier molecular flexibility index (Phi) is 4.12. The molecule has 114 valence electrons. The first-order valence-corrected chi connectivity index (χ1v) is 7.58. The maximum Gasteiger partial charge on any atom is 0.118 e. The molecule has 5 nitrogen and oxygen atoms in total. The number of aromatic nitrogens is 2. The molecule has 0 saturated heterocycles. The Balaban J connectivity index is 1.55. The fraction of sp³-hybridized carbons (Fsp3) is 0.562. The molecule has 0 aliphatic heterocycles. The van der Waals surface area contributed by atoms with Crippen molar-refractivity contribution in [2.75, 3.05) is 7.05 Å². The molecule has 3 rings (SSSR count). The molecule has 1 N–H and O–H groups in total. The van der Waals surface area contributed by atoms with Gasteiger partial charge in [0.1, 0.15) is 11.5 Å². The molecule has 0 amide bonds. The summed E-state index contributed by atoms with van der Waals surface area (Å²) in [6, 6.07) is 2.90. The second kappa shape index (κ2) is 6.03. The van der Waals surface area contributed by atoms with Crippen molar-refractivity contribution >= 4 is 0 Å². The molecule has 1 saturated carbocycles. The van der Waals surface area contributed by atoms with E-state index < -0.39 is 0 Å². The van der Waals surface area contributed by atoms with Gasteiger partial charge >= 0.3 is 0 Å². The summed E-state index contributed by atoms with van der Waals surface area (Å²) in [5.41, 5.74) is 2.51. The van der Waals surface area contributed by atoms with Crippen LogP contribution in [0.3, 0.4) is 0 Å². The number of nitrogens with zero attached hydrogens (tertiary/aromatic N) is 3. The minimum Gasteiger partial charge on any atom is -0.465 e. The van der Waals surface area contributed by atoms with Crippen molar-refractivity contribution in [2.24, 2.45) is 7.05 Å². The molecule has 0 unspecified atom stereocenters. The highest BCUT2D eigenvalue weighted by Crippen LogP contribution is 2.21. The van der Waals surface area contributed by atoms with E-state index in [1.807, 2.05) is 24.9 Å². The number of furan rings is 1. The van der Waals surface area contributed by atoms with E-state index in [4.69, 9.17) is 4.42 Å². The Bertz CT molecular complexity index is 597. The summed E-state index contributed by atoms with van der Waals surface area (Å²) in [6.07, 6.45) is 6.59. The highest BCUT2D eigenvalue weighted by atomic mass is 16.3. The number of rotatable bonds is 7. The third-order valence-electron chi connectivity index (χ3n) is 3.87. The van der Waals surface area contributed by atoms with Gasteiger partial charge in [-0.05, 0) is 32.9 Å². The second-order valence-corrected chi connectivity index (χ2v) is 6.14. The Labute approximate surface area is 125 Å². The van der Waals surface area contributed by atoms with Crippen LogP contribution in [0.1, 0.15) is 35.5 Å². The maximum absolute atomic E-state index is 5.84. The standard InChI is InChI=1S/C16H24N4O/c1-12-14(6-16(21-12)8-17-15-4-5-15)11-19(2)9-13-7-18-20(3)10-13/h6-7,10,15,17H,4-5,8-9,11H2,1-3H3. The first-order valence-electron chi connectivity index (χ1n) is 7.58. The van der Waals surface area contributed by atoms with Gasteiger partial charge in [0, 0.05) is 43.5 Å². The van der Waals surface area contributed by atoms with Crippen LogP contribution in [-0.4, -0.2) is 27.8 Å². The summed E-state index contributed by atoms with van der Waals surface area (Å²) in [7, 11) is 4.07. The molecule has 21 heavy (non-hydrogen) atoms. The van der Waals surface area contributed by atoms with Crippen LogP contribution in [0.2, 0.25) is 0 Å². The average Bonchev–Trinajstić information content (AvgIpc) is 3.08. The van der Waals surface area contributed by atoms with E-state index in [1.165, 1.54) is 24.0 Å². The molecule has 2 heterocycles. The van der Waals surface area contributed by atoms with Gasteiger partial charge in [-0.25, -0.2) is 0 Å². The van der Waals surface area contributed by atoms with E-state index in [-0.39, 0.29) is 0 Å². The van der Waals surface area contributed by atoms with Crippen LogP contribution in [0.5, 0.6) is 0 Å². The Morgan fingerprint density at radius 1 is 1.43 bits per heavy atom. The predicted octanol–water partition coefficient (Wildman–Crippen LogP) is 2.21. The highest BCUT2D eigenvalue weighted by Gasteiger charge is 2.21.